The molecule has 3 nitrogen and oxygen atoms in total. The zero-order chi connectivity index (χ0) is 23.0. The molecule has 0 saturated carbocycles. The van der Waals surface area contributed by atoms with Crippen molar-refractivity contribution >= 4 is 34.8 Å². The van der Waals surface area contributed by atoms with Gasteiger partial charge in [-0.05, 0) is 65.5 Å². The fourth-order valence-electron chi connectivity index (χ4n) is 3.17. The highest BCUT2D eigenvalue weighted by Crippen LogP contribution is 2.31. The van der Waals surface area contributed by atoms with Crippen LogP contribution in [0.5, 0.6) is 17.2 Å². The van der Waals surface area contributed by atoms with Crippen molar-refractivity contribution in [1.29, 1.82) is 0 Å². The molecule has 0 radical (unpaired) electrons. The van der Waals surface area contributed by atoms with E-state index in [1.54, 1.807) is 0 Å². The Bertz CT molecular complexity index is 1030. The van der Waals surface area contributed by atoms with E-state index in [0.29, 0.717) is 19.0 Å². The first-order valence-electron chi connectivity index (χ1n) is 10.3. The quantitative estimate of drug-likeness (QED) is 0.266. The summed E-state index contributed by atoms with van der Waals surface area (Å²) in [6, 6.07) is 25.4. The van der Waals surface area contributed by atoms with Crippen LogP contribution in [0.25, 0.3) is 0 Å². The van der Waals surface area contributed by atoms with Crippen molar-refractivity contribution in [2.45, 2.75) is 32.3 Å². The fraction of sp³-hybridized carbons (Fsp3) is 0.231. The molecule has 3 rings (SSSR count). The van der Waals surface area contributed by atoms with E-state index in [-0.39, 0.29) is 15.1 Å². The lowest BCUT2D eigenvalue weighted by atomic mass is 9.81. The molecule has 1 atom stereocenters. The van der Waals surface area contributed by atoms with Crippen LogP contribution in [0.2, 0.25) is 0 Å². The van der Waals surface area contributed by atoms with Gasteiger partial charge in [0.2, 0.25) is 5.22 Å². The predicted molar refractivity (Wildman–Crippen MR) is 132 cm³/mol. The molecule has 0 aliphatic rings. The molecule has 0 N–H and O–H groups in total. The maximum atomic E-state index is 6.11. The molecule has 0 fully saturated rings. The molecule has 3 aromatic rings. The standard InChI is InChI=1S/C26H25Cl3O3/c1-3-26(2,20-12-14-22(15-13-20)32-25(29)24(27)28)18-30-17-19-8-7-11-23(16-19)31-21-9-5-4-6-10-21/h4-16H,3,17-18H2,1-2H3. The van der Waals surface area contributed by atoms with Gasteiger partial charge in [0.05, 0.1) is 13.2 Å². The average molecular weight is 492 g/mol. The second-order valence-corrected chi connectivity index (χ2v) is 8.92. The Labute approximate surface area is 204 Å². The van der Waals surface area contributed by atoms with Crippen LogP contribution >= 0.6 is 34.8 Å². The number of para-hydroxylation sites is 1. The van der Waals surface area contributed by atoms with Crippen LogP contribution in [0.3, 0.4) is 0 Å². The molecule has 6 heteroatoms. The average Bonchev–Trinajstić information content (AvgIpc) is 2.80. The number of halogens is 3. The zero-order valence-corrected chi connectivity index (χ0v) is 20.3. The van der Waals surface area contributed by atoms with E-state index < -0.39 is 0 Å². The van der Waals surface area contributed by atoms with Crippen molar-refractivity contribution in [3.05, 3.63) is 99.7 Å². The van der Waals surface area contributed by atoms with Gasteiger partial charge >= 0.3 is 0 Å². The Morgan fingerprint density at radius 3 is 2.16 bits per heavy atom. The largest absolute Gasteiger partial charge is 0.457 e. The summed E-state index contributed by atoms with van der Waals surface area (Å²) < 4.78 is 17.3. The molecule has 0 amide bonds. The molecule has 0 aliphatic carbocycles. The Hall–Kier alpha value is -2.17. The van der Waals surface area contributed by atoms with Gasteiger partial charge < -0.3 is 14.2 Å². The van der Waals surface area contributed by atoms with E-state index >= 15 is 0 Å². The van der Waals surface area contributed by atoms with Crippen molar-refractivity contribution in [2.24, 2.45) is 0 Å². The molecule has 0 aliphatic heterocycles. The van der Waals surface area contributed by atoms with Crippen LogP contribution < -0.4 is 9.47 Å². The van der Waals surface area contributed by atoms with Gasteiger partial charge in [-0.1, -0.05) is 79.5 Å². The number of benzene rings is 3. The molecule has 168 valence electrons. The van der Waals surface area contributed by atoms with Gasteiger partial charge in [-0.25, -0.2) is 0 Å². The smallest absolute Gasteiger partial charge is 0.224 e. The minimum Gasteiger partial charge on any atom is -0.457 e. The zero-order valence-electron chi connectivity index (χ0n) is 18.0. The number of rotatable bonds is 10. The summed E-state index contributed by atoms with van der Waals surface area (Å²) in [6.07, 6.45) is 0.915. The van der Waals surface area contributed by atoms with E-state index in [2.05, 4.69) is 13.8 Å². The third-order valence-corrected chi connectivity index (χ3v) is 6.06. The van der Waals surface area contributed by atoms with E-state index in [1.807, 2.05) is 78.9 Å². The van der Waals surface area contributed by atoms with Crippen molar-refractivity contribution < 1.29 is 14.2 Å². The first kappa shape index (κ1) is 24.5. The second kappa shape index (κ2) is 11.6. The third-order valence-electron chi connectivity index (χ3n) is 5.25. The van der Waals surface area contributed by atoms with Crippen molar-refractivity contribution in [3.63, 3.8) is 0 Å². The van der Waals surface area contributed by atoms with Gasteiger partial charge in [-0.15, -0.1) is 0 Å². The minimum atomic E-state index is -0.152. The van der Waals surface area contributed by atoms with Gasteiger partial charge in [-0.2, -0.15) is 0 Å². The van der Waals surface area contributed by atoms with Crippen LogP contribution in [-0.4, -0.2) is 6.61 Å². The van der Waals surface area contributed by atoms with Gasteiger partial charge in [0.25, 0.3) is 0 Å². The van der Waals surface area contributed by atoms with E-state index in [4.69, 9.17) is 49.0 Å². The van der Waals surface area contributed by atoms with Crippen molar-refractivity contribution in [3.8, 4) is 17.2 Å². The van der Waals surface area contributed by atoms with Gasteiger partial charge in [-0.3, -0.25) is 0 Å². The van der Waals surface area contributed by atoms with Crippen LogP contribution in [-0.2, 0) is 16.8 Å². The molecule has 1 unspecified atom stereocenters. The van der Waals surface area contributed by atoms with Crippen LogP contribution in [0.15, 0.2) is 88.6 Å². The molecule has 32 heavy (non-hydrogen) atoms. The number of hydrogen-bond donors (Lipinski definition) is 0. The molecule has 0 heterocycles. The van der Waals surface area contributed by atoms with Crippen molar-refractivity contribution in [1.82, 2.24) is 0 Å². The maximum Gasteiger partial charge on any atom is 0.224 e. The molecule has 0 spiro atoms. The molecule has 0 saturated heterocycles. The van der Waals surface area contributed by atoms with Gasteiger partial charge in [0, 0.05) is 5.41 Å². The molecular formula is C26H25Cl3O3. The summed E-state index contributed by atoms with van der Waals surface area (Å²) in [5.74, 6) is 2.16. The highest BCUT2D eigenvalue weighted by molar-refractivity contribution is 6.59. The number of ether oxygens (including phenoxy) is 3. The maximum absolute atomic E-state index is 6.11. The summed E-state index contributed by atoms with van der Waals surface area (Å²) >= 11 is 17.1. The first-order valence-corrected chi connectivity index (χ1v) is 11.4. The predicted octanol–water partition coefficient (Wildman–Crippen LogP) is 8.59. The van der Waals surface area contributed by atoms with Crippen molar-refractivity contribution in [2.75, 3.05) is 6.61 Å². The van der Waals surface area contributed by atoms with E-state index in [9.17, 15) is 0 Å². The Morgan fingerprint density at radius 1 is 0.812 bits per heavy atom. The second-order valence-electron chi connectivity index (χ2n) is 7.63. The van der Waals surface area contributed by atoms with Gasteiger partial charge in [0.15, 0.2) is 4.49 Å². The Balaban J connectivity index is 1.60. The monoisotopic (exact) mass is 490 g/mol. The lowest BCUT2D eigenvalue weighted by Crippen LogP contribution is -2.27. The minimum absolute atomic E-state index is 0.0545. The van der Waals surface area contributed by atoms with Crippen LogP contribution in [0.1, 0.15) is 31.4 Å². The molecular weight excluding hydrogens is 467 g/mol. The summed E-state index contributed by atoms with van der Waals surface area (Å²) in [5.41, 5.74) is 2.05. The van der Waals surface area contributed by atoms with E-state index in [0.717, 1.165) is 29.0 Å². The Kier molecular flexibility index (Phi) is 8.89. The summed E-state index contributed by atoms with van der Waals surface area (Å²) in [7, 11) is 0. The lowest BCUT2D eigenvalue weighted by molar-refractivity contribution is 0.0747. The van der Waals surface area contributed by atoms with Crippen LogP contribution in [0, 0.1) is 0 Å². The highest BCUT2D eigenvalue weighted by atomic mass is 35.5. The lowest BCUT2D eigenvalue weighted by Gasteiger charge is -2.29. The summed E-state index contributed by atoms with van der Waals surface area (Å²) in [5, 5.41) is -0.0545. The summed E-state index contributed by atoms with van der Waals surface area (Å²) in [6.45, 7) is 5.40. The van der Waals surface area contributed by atoms with E-state index in [1.165, 1.54) is 0 Å². The molecule has 0 bridgehead atoms. The highest BCUT2D eigenvalue weighted by Gasteiger charge is 2.25. The first-order chi connectivity index (χ1) is 15.4. The number of hydrogen-bond acceptors (Lipinski definition) is 3. The molecule has 0 aromatic heterocycles. The SMILES string of the molecule is CCC(C)(COCc1cccc(Oc2ccccc2)c1)c1ccc(OC(Cl)=C(Cl)Cl)cc1. The fourth-order valence-corrected chi connectivity index (χ4v) is 3.34. The third kappa shape index (κ3) is 6.91. The summed E-state index contributed by atoms with van der Waals surface area (Å²) in [4.78, 5) is 0. The normalized spacial score (nSPS) is 12.7. The van der Waals surface area contributed by atoms with Gasteiger partial charge in [0.1, 0.15) is 17.2 Å². The Morgan fingerprint density at radius 2 is 1.50 bits per heavy atom. The van der Waals surface area contributed by atoms with Crippen LogP contribution in [0.4, 0.5) is 0 Å². The molecule has 3 aromatic carbocycles. The topological polar surface area (TPSA) is 27.7 Å².